The van der Waals surface area contributed by atoms with Gasteiger partial charge < -0.3 is 25.0 Å². The molecule has 0 aromatic carbocycles. The zero-order valence-electron chi connectivity index (χ0n) is 11.9. The average molecular weight is 282 g/mol. The lowest BCUT2D eigenvalue weighted by atomic mass is 9.63. The minimum absolute atomic E-state index is 0.0383. The highest BCUT2D eigenvalue weighted by molar-refractivity contribution is 6.46. The predicted molar refractivity (Wildman–Crippen MR) is 76.4 cm³/mol. The second-order valence-corrected chi connectivity index (χ2v) is 5.20. The van der Waals surface area contributed by atoms with Crippen LogP contribution in [0.1, 0.15) is 19.8 Å². The van der Waals surface area contributed by atoms with Crippen molar-refractivity contribution in [1.29, 1.82) is 0 Å². The Morgan fingerprint density at radius 2 is 2.40 bits per heavy atom. The first-order chi connectivity index (χ1) is 9.72. The Bertz CT molecular complexity index is 353. The molecule has 0 aromatic rings. The van der Waals surface area contributed by atoms with Gasteiger partial charge in [-0.05, 0) is 25.7 Å². The largest absolute Gasteiger partial charge is 0.460 e. The van der Waals surface area contributed by atoms with Crippen LogP contribution in [0.4, 0.5) is 4.79 Å². The second kappa shape index (κ2) is 7.66. The second-order valence-electron chi connectivity index (χ2n) is 5.20. The van der Waals surface area contributed by atoms with Crippen molar-refractivity contribution >= 4 is 13.1 Å². The van der Waals surface area contributed by atoms with Gasteiger partial charge in [0, 0.05) is 32.1 Å². The maximum absolute atomic E-state index is 11.2. The van der Waals surface area contributed by atoms with E-state index in [1.165, 1.54) is 0 Å². The van der Waals surface area contributed by atoms with Crippen molar-refractivity contribution in [3.8, 4) is 0 Å². The van der Waals surface area contributed by atoms with Crippen LogP contribution in [-0.2, 0) is 9.39 Å². The van der Waals surface area contributed by atoms with E-state index in [1.807, 2.05) is 13.0 Å². The Labute approximate surface area is 120 Å². The van der Waals surface area contributed by atoms with E-state index in [-0.39, 0.29) is 18.0 Å². The van der Waals surface area contributed by atoms with E-state index < -0.39 is 7.12 Å². The van der Waals surface area contributed by atoms with Crippen molar-refractivity contribution in [3.63, 3.8) is 0 Å². The number of rotatable bonds is 6. The lowest BCUT2D eigenvalue weighted by Gasteiger charge is -2.28. The summed E-state index contributed by atoms with van der Waals surface area (Å²) in [4.78, 5) is 11.2. The summed E-state index contributed by atoms with van der Waals surface area (Å²) < 4.78 is 11.1. The summed E-state index contributed by atoms with van der Waals surface area (Å²) in [5.41, 5.74) is 0. The fourth-order valence-electron chi connectivity index (χ4n) is 2.73. The molecule has 1 saturated heterocycles. The van der Waals surface area contributed by atoms with Crippen molar-refractivity contribution in [2.45, 2.75) is 31.7 Å². The molecule has 2 aliphatic rings. The van der Waals surface area contributed by atoms with Gasteiger partial charge in [0.1, 0.15) is 0 Å². The molecule has 2 amide bonds. The Kier molecular flexibility index (Phi) is 5.88. The van der Waals surface area contributed by atoms with Crippen LogP contribution in [0, 0.1) is 5.92 Å². The normalized spacial score (nSPS) is 28.3. The summed E-state index contributed by atoms with van der Waals surface area (Å²) in [5.74, 6) is 0.393. The number of hydrogen-bond donors (Lipinski definition) is 3. The summed E-state index contributed by atoms with van der Waals surface area (Å²) >= 11 is 0. The van der Waals surface area contributed by atoms with E-state index in [1.54, 1.807) is 0 Å². The van der Waals surface area contributed by atoms with Crippen LogP contribution in [0.25, 0.3) is 0 Å². The number of hydrogen-bond acceptors (Lipinski definition) is 4. The molecule has 3 N–H and O–H groups in total. The number of carbonyl (C=O) groups excluding carboxylic acids is 1. The number of fused-ring (bicyclic) bond motifs is 1. The average Bonchev–Trinajstić information content (AvgIpc) is 2.81. The zero-order valence-corrected chi connectivity index (χ0v) is 11.9. The first kappa shape index (κ1) is 15.3. The van der Waals surface area contributed by atoms with Crippen molar-refractivity contribution < 1.29 is 19.2 Å². The van der Waals surface area contributed by atoms with Crippen molar-refractivity contribution in [2.24, 2.45) is 5.92 Å². The lowest BCUT2D eigenvalue weighted by Crippen LogP contribution is -2.36. The van der Waals surface area contributed by atoms with Crippen LogP contribution in [0.15, 0.2) is 12.2 Å². The highest BCUT2D eigenvalue weighted by Gasteiger charge is 2.46. The number of carbonyl (C=O) groups is 1. The van der Waals surface area contributed by atoms with Crippen LogP contribution < -0.4 is 10.6 Å². The molecule has 112 valence electrons. The molecule has 20 heavy (non-hydrogen) atoms. The van der Waals surface area contributed by atoms with E-state index >= 15 is 0 Å². The van der Waals surface area contributed by atoms with Gasteiger partial charge in [0.05, 0.1) is 6.10 Å². The molecule has 7 heteroatoms. The third-order valence-electron chi connectivity index (χ3n) is 3.75. The van der Waals surface area contributed by atoms with Gasteiger partial charge in [0.15, 0.2) is 0 Å². The maximum Gasteiger partial charge on any atom is 0.460 e. The van der Waals surface area contributed by atoms with Gasteiger partial charge >= 0.3 is 13.1 Å². The molecule has 1 fully saturated rings. The fourth-order valence-corrected chi connectivity index (χ4v) is 2.73. The van der Waals surface area contributed by atoms with E-state index in [4.69, 9.17) is 9.39 Å². The number of nitrogens with one attached hydrogen (secondary N) is 2. The minimum Gasteiger partial charge on any atom is -0.427 e. The van der Waals surface area contributed by atoms with Gasteiger partial charge in [-0.3, -0.25) is 0 Å². The molecule has 3 atom stereocenters. The third-order valence-corrected chi connectivity index (χ3v) is 3.75. The number of amides is 2. The van der Waals surface area contributed by atoms with Crippen LogP contribution >= 0.6 is 0 Å². The first-order valence-electron chi connectivity index (χ1n) is 7.32. The molecule has 0 spiro atoms. The maximum atomic E-state index is 11.2. The highest BCUT2D eigenvalue weighted by atomic mass is 16.5. The Morgan fingerprint density at radius 3 is 3.20 bits per heavy atom. The number of allylic oxidation sites excluding steroid dienone is 1. The zero-order chi connectivity index (χ0) is 14.4. The van der Waals surface area contributed by atoms with E-state index in [0.29, 0.717) is 32.2 Å². The van der Waals surface area contributed by atoms with Crippen LogP contribution in [0.2, 0.25) is 5.82 Å². The topological polar surface area (TPSA) is 79.8 Å². The summed E-state index contributed by atoms with van der Waals surface area (Å²) in [7, 11) is -0.719. The van der Waals surface area contributed by atoms with Crippen LogP contribution in [-0.4, -0.2) is 50.6 Å². The summed E-state index contributed by atoms with van der Waals surface area (Å²) in [6, 6.07) is -0.148. The molecule has 3 unspecified atom stereocenters. The van der Waals surface area contributed by atoms with Gasteiger partial charge in [0.2, 0.25) is 0 Å². The van der Waals surface area contributed by atoms with Gasteiger partial charge in [-0.15, -0.1) is 0 Å². The van der Waals surface area contributed by atoms with Crippen LogP contribution in [0.5, 0.6) is 0 Å². The molecule has 0 radical (unpaired) electrons. The molecule has 1 aliphatic heterocycles. The van der Waals surface area contributed by atoms with E-state index in [0.717, 1.165) is 12.8 Å². The Morgan fingerprint density at radius 1 is 1.55 bits per heavy atom. The van der Waals surface area contributed by atoms with Gasteiger partial charge in [0.25, 0.3) is 0 Å². The smallest absolute Gasteiger partial charge is 0.427 e. The highest BCUT2D eigenvalue weighted by Crippen LogP contribution is 2.39. The number of ether oxygens (including phenoxy) is 1. The SMILES string of the molecule is CCNC(=O)NCCCOC1C=CCC2COB(O)C21. The standard InChI is InChI=1S/C13H23BN2O4/c1-2-15-13(17)16-7-4-8-19-11-6-3-5-10-9-20-14(18)12(10)11/h3,6,10-12,18H,2,4-5,7-9H2,1H3,(H2,15,16,17). The lowest BCUT2D eigenvalue weighted by molar-refractivity contribution is 0.0630. The molecule has 1 aliphatic carbocycles. The first-order valence-corrected chi connectivity index (χ1v) is 7.32. The molecule has 0 bridgehead atoms. The van der Waals surface area contributed by atoms with Crippen molar-refractivity contribution in [1.82, 2.24) is 10.6 Å². The minimum atomic E-state index is -0.719. The fraction of sp³-hybridized carbons (Fsp3) is 0.769. The molecule has 1 heterocycles. The van der Waals surface area contributed by atoms with Crippen molar-refractivity contribution in [2.75, 3.05) is 26.3 Å². The molecular formula is C13H23BN2O4. The quantitative estimate of drug-likeness (QED) is 0.377. The van der Waals surface area contributed by atoms with E-state index in [2.05, 4.69) is 16.7 Å². The van der Waals surface area contributed by atoms with Crippen molar-refractivity contribution in [3.05, 3.63) is 12.2 Å². The Balaban J connectivity index is 1.65. The molecule has 0 aromatic heterocycles. The third kappa shape index (κ3) is 3.97. The van der Waals surface area contributed by atoms with Gasteiger partial charge in [-0.2, -0.15) is 0 Å². The summed E-state index contributed by atoms with van der Waals surface area (Å²) in [6.45, 7) is 4.24. The molecule has 6 nitrogen and oxygen atoms in total. The molecule has 2 rings (SSSR count). The Hall–Kier alpha value is -1.05. The summed E-state index contributed by atoms with van der Waals surface area (Å²) in [5, 5.41) is 15.3. The predicted octanol–water partition coefficient (Wildman–Crippen LogP) is 0.538. The van der Waals surface area contributed by atoms with Gasteiger partial charge in [-0.1, -0.05) is 12.2 Å². The van der Waals surface area contributed by atoms with E-state index in [9.17, 15) is 9.82 Å². The van der Waals surface area contributed by atoms with Crippen LogP contribution in [0.3, 0.4) is 0 Å². The summed E-state index contributed by atoms with van der Waals surface area (Å²) in [6.07, 6.45) is 5.71. The molecular weight excluding hydrogens is 259 g/mol. The number of urea groups is 1. The molecule has 0 saturated carbocycles. The van der Waals surface area contributed by atoms with Gasteiger partial charge in [-0.25, -0.2) is 4.79 Å². The monoisotopic (exact) mass is 282 g/mol.